The highest BCUT2D eigenvalue weighted by atomic mass is 35.5. The van der Waals surface area contributed by atoms with E-state index in [4.69, 9.17) is 22.1 Å². The van der Waals surface area contributed by atoms with Crippen LogP contribution in [-0.4, -0.2) is 31.7 Å². The monoisotopic (exact) mass is 338 g/mol. The molecule has 1 amide bonds. The summed E-state index contributed by atoms with van der Waals surface area (Å²) in [5.74, 6) is 0.0506. The SMILES string of the molecule is CCCCC(CN)NC(=O)C1(c2cccc(Cl)c2)CCOCC1. The molecule has 0 radical (unpaired) electrons. The number of nitrogens with one attached hydrogen (secondary N) is 1. The van der Waals surface area contributed by atoms with Crippen molar-refractivity contribution in [2.45, 2.75) is 50.5 Å². The molecule has 0 aliphatic carbocycles. The van der Waals surface area contributed by atoms with Crippen molar-refractivity contribution in [2.24, 2.45) is 5.73 Å². The van der Waals surface area contributed by atoms with Gasteiger partial charge in [-0.05, 0) is 37.0 Å². The maximum Gasteiger partial charge on any atom is 0.231 e. The number of benzene rings is 1. The molecule has 1 aliphatic rings. The van der Waals surface area contributed by atoms with Crippen LogP contribution in [0.1, 0.15) is 44.6 Å². The number of carbonyl (C=O) groups is 1. The van der Waals surface area contributed by atoms with Crippen LogP contribution in [-0.2, 0) is 14.9 Å². The number of unbranched alkanes of at least 4 members (excludes halogenated alkanes) is 1. The molecule has 1 aliphatic heterocycles. The number of rotatable bonds is 7. The van der Waals surface area contributed by atoms with Gasteiger partial charge in [0.05, 0.1) is 5.41 Å². The zero-order valence-corrected chi connectivity index (χ0v) is 14.6. The predicted octanol–water partition coefficient (Wildman–Crippen LogP) is 3.02. The van der Waals surface area contributed by atoms with Gasteiger partial charge in [0, 0.05) is 30.8 Å². The highest BCUT2D eigenvalue weighted by molar-refractivity contribution is 6.30. The topological polar surface area (TPSA) is 64.3 Å². The minimum absolute atomic E-state index is 0.0290. The van der Waals surface area contributed by atoms with Gasteiger partial charge in [0.25, 0.3) is 0 Å². The Labute approximate surface area is 143 Å². The van der Waals surface area contributed by atoms with Gasteiger partial charge in [-0.1, -0.05) is 43.5 Å². The third-order valence-corrected chi connectivity index (χ3v) is 4.92. The summed E-state index contributed by atoms with van der Waals surface area (Å²) in [5, 5.41) is 3.82. The van der Waals surface area contributed by atoms with Gasteiger partial charge in [0.2, 0.25) is 5.91 Å². The molecule has 2 rings (SSSR count). The highest BCUT2D eigenvalue weighted by Gasteiger charge is 2.42. The molecule has 5 heteroatoms. The van der Waals surface area contributed by atoms with Crippen LogP contribution in [0.5, 0.6) is 0 Å². The first-order valence-electron chi connectivity index (χ1n) is 8.47. The fourth-order valence-electron chi connectivity index (χ4n) is 3.18. The average molecular weight is 339 g/mol. The van der Waals surface area contributed by atoms with Crippen molar-refractivity contribution in [1.82, 2.24) is 5.32 Å². The Bertz CT molecular complexity index is 515. The van der Waals surface area contributed by atoms with Crippen molar-refractivity contribution < 1.29 is 9.53 Å². The molecule has 0 saturated carbocycles. The maximum absolute atomic E-state index is 13.1. The van der Waals surface area contributed by atoms with Gasteiger partial charge in [-0.15, -0.1) is 0 Å². The smallest absolute Gasteiger partial charge is 0.231 e. The van der Waals surface area contributed by atoms with Crippen molar-refractivity contribution in [3.8, 4) is 0 Å². The average Bonchev–Trinajstić information content (AvgIpc) is 2.59. The quantitative estimate of drug-likeness (QED) is 0.803. The van der Waals surface area contributed by atoms with Gasteiger partial charge in [0.1, 0.15) is 0 Å². The fourth-order valence-corrected chi connectivity index (χ4v) is 3.37. The van der Waals surface area contributed by atoms with E-state index < -0.39 is 5.41 Å². The van der Waals surface area contributed by atoms with E-state index >= 15 is 0 Å². The lowest BCUT2D eigenvalue weighted by Gasteiger charge is -2.37. The summed E-state index contributed by atoms with van der Waals surface area (Å²) in [6.07, 6.45) is 4.42. The largest absolute Gasteiger partial charge is 0.381 e. The second-order valence-corrected chi connectivity index (χ2v) is 6.69. The van der Waals surface area contributed by atoms with Crippen molar-refractivity contribution in [2.75, 3.05) is 19.8 Å². The number of hydrogen-bond donors (Lipinski definition) is 2. The van der Waals surface area contributed by atoms with Crippen molar-refractivity contribution in [3.05, 3.63) is 34.9 Å². The predicted molar refractivity (Wildman–Crippen MR) is 93.7 cm³/mol. The lowest BCUT2D eigenvalue weighted by Crippen LogP contribution is -2.52. The third kappa shape index (κ3) is 4.46. The van der Waals surface area contributed by atoms with E-state index in [2.05, 4.69) is 12.2 Å². The van der Waals surface area contributed by atoms with Crippen LogP contribution in [0.25, 0.3) is 0 Å². The van der Waals surface area contributed by atoms with Crippen LogP contribution in [0.2, 0.25) is 5.02 Å². The summed E-state index contributed by atoms with van der Waals surface area (Å²) in [5.41, 5.74) is 6.24. The zero-order valence-electron chi connectivity index (χ0n) is 13.8. The van der Waals surface area contributed by atoms with Gasteiger partial charge in [-0.2, -0.15) is 0 Å². The first kappa shape index (κ1) is 18.2. The number of amides is 1. The summed E-state index contributed by atoms with van der Waals surface area (Å²) in [4.78, 5) is 13.1. The Morgan fingerprint density at radius 3 is 2.78 bits per heavy atom. The molecule has 0 spiro atoms. The van der Waals surface area contributed by atoms with Gasteiger partial charge in [-0.3, -0.25) is 4.79 Å². The first-order valence-corrected chi connectivity index (χ1v) is 8.85. The third-order valence-electron chi connectivity index (χ3n) is 4.68. The molecule has 0 aromatic heterocycles. The van der Waals surface area contributed by atoms with Crippen LogP contribution >= 0.6 is 11.6 Å². The van der Waals surface area contributed by atoms with E-state index in [0.29, 0.717) is 37.6 Å². The van der Waals surface area contributed by atoms with Crippen LogP contribution in [0, 0.1) is 0 Å². The Balaban J connectivity index is 2.22. The fraction of sp³-hybridized carbons (Fsp3) is 0.611. The van der Waals surface area contributed by atoms with Gasteiger partial charge >= 0.3 is 0 Å². The molecule has 1 unspecified atom stereocenters. The lowest BCUT2D eigenvalue weighted by atomic mass is 9.73. The van der Waals surface area contributed by atoms with E-state index in [1.165, 1.54) is 0 Å². The Morgan fingerprint density at radius 1 is 1.43 bits per heavy atom. The van der Waals surface area contributed by atoms with Gasteiger partial charge in [0.15, 0.2) is 0 Å². The zero-order chi connectivity index (χ0) is 16.7. The van der Waals surface area contributed by atoms with Crippen LogP contribution < -0.4 is 11.1 Å². The van der Waals surface area contributed by atoms with E-state index in [1.807, 2.05) is 24.3 Å². The van der Waals surface area contributed by atoms with E-state index in [1.54, 1.807) is 0 Å². The molecule has 4 nitrogen and oxygen atoms in total. The second kappa shape index (κ2) is 8.67. The highest BCUT2D eigenvalue weighted by Crippen LogP contribution is 2.36. The minimum atomic E-state index is -0.567. The summed E-state index contributed by atoms with van der Waals surface area (Å²) in [6.45, 7) is 3.78. The molecule has 3 N–H and O–H groups in total. The van der Waals surface area contributed by atoms with E-state index in [9.17, 15) is 4.79 Å². The Kier molecular flexibility index (Phi) is 6.88. The molecule has 1 atom stereocenters. The molecule has 128 valence electrons. The van der Waals surface area contributed by atoms with E-state index in [-0.39, 0.29) is 11.9 Å². The first-order chi connectivity index (χ1) is 11.1. The van der Waals surface area contributed by atoms with Gasteiger partial charge < -0.3 is 15.8 Å². The summed E-state index contributed by atoms with van der Waals surface area (Å²) >= 11 is 6.15. The molecule has 1 heterocycles. The molecule has 1 aromatic carbocycles. The molecule has 23 heavy (non-hydrogen) atoms. The number of hydrogen-bond acceptors (Lipinski definition) is 3. The van der Waals surface area contributed by atoms with E-state index in [0.717, 1.165) is 24.8 Å². The number of carbonyl (C=O) groups excluding carboxylic acids is 1. The molecule has 1 fully saturated rings. The summed E-state index contributed by atoms with van der Waals surface area (Å²) in [6, 6.07) is 7.65. The van der Waals surface area contributed by atoms with Crippen molar-refractivity contribution in [1.29, 1.82) is 0 Å². The molecule has 0 bridgehead atoms. The minimum Gasteiger partial charge on any atom is -0.381 e. The van der Waals surface area contributed by atoms with Crippen LogP contribution in [0.3, 0.4) is 0 Å². The van der Waals surface area contributed by atoms with Crippen LogP contribution in [0.15, 0.2) is 24.3 Å². The molecule has 1 saturated heterocycles. The molecular weight excluding hydrogens is 312 g/mol. The number of ether oxygens (including phenoxy) is 1. The second-order valence-electron chi connectivity index (χ2n) is 6.25. The maximum atomic E-state index is 13.1. The normalized spacial score (nSPS) is 18.4. The summed E-state index contributed by atoms with van der Waals surface area (Å²) < 4.78 is 5.49. The van der Waals surface area contributed by atoms with Gasteiger partial charge in [-0.25, -0.2) is 0 Å². The summed E-state index contributed by atoms with van der Waals surface area (Å²) in [7, 11) is 0. The Hall–Kier alpha value is -1.10. The Morgan fingerprint density at radius 2 is 2.17 bits per heavy atom. The molecule has 1 aromatic rings. The molecular formula is C18H27ClN2O2. The number of nitrogens with two attached hydrogens (primary N) is 1. The van der Waals surface area contributed by atoms with Crippen LogP contribution in [0.4, 0.5) is 0 Å². The number of halogens is 1. The van der Waals surface area contributed by atoms with Crippen molar-refractivity contribution >= 4 is 17.5 Å². The lowest BCUT2D eigenvalue weighted by molar-refractivity contribution is -0.131. The standard InChI is InChI=1S/C18H27ClN2O2/c1-2-3-7-16(13-20)21-17(22)18(8-10-23-11-9-18)14-5-4-6-15(19)12-14/h4-6,12,16H,2-3,7-11,13,20H2,1H3,(H,21,22). The van der Waals surface area contributed by atoms with Crippen molar-refractivity contribution in [3.63, 3.8) is 0 Å².